The van der Waals surface area contributed by atoms with Crippen molar-refractivity contribution in [1.29, 1.82) is 0 Å². The molecule has 7 nitrogen and oxygen atoms in total. The second kappa shape index (κ2) is 8.16. The lowest BCUT2D eigenvalue weighted by Gasteiger charge is -2.16. The molecule has 1 saturated heterocycles. The highest BCUT2D eigenvalue weighted by atomic mass is 35.5. The van der Waals surface area contributed by atoms with Crippen LogP contribution in [0.25, 0.3) is 0 Å². The minimum absolute atomic E-state index is 0.00689. The van der Waals surface area contributed by atoms with Gasteiger partial charge in [-0.2, -0.15) is 4.31 Å². The van der Waals surface area contributed by atoms with Crippen LogP contribution < -0.4 is 5.32 Å². The van der Waals surface area contributed by atoms with Crippen LogP contribution in [0.5, 0.6) is 0 Å². The Hall–Kier alpha value is -1.64. The van der Waals surface area contributed by atoms with Gasteiger partial charge in [0.2, 0.25) is 10.0 Å². The van der Waals surface area contributed by atoms with Gasteiger partial charge in [0.05, 0.1) is 15.5 Å². The van der Waals surface area contributed by atoms with Crippen LogP contribution in [0.3, 0.4) is 0 Å². The van der Waals surface area contributed by atoms with Crippen molar-refractivity contribution in [1.82, 2.24) is 9.62 Å². The summed E-state index contributed by atoms with van der Waals surface area (Å²) < 4.78 is 31.7. The summed E-state index contributed by atoms with van der Waals surface area (Å²) in [6.07, 6.45) is 3.82. The van der Waals surface area contributed by atoms with Gasteiger partial charge < -0.3 is 10.1 Å². The van der Waals surface area contributed by atoms with Crippen LogP contribution in [0.15, 0.2) is 23.1 Å². The van der Waals surface area contributed by atoms with Crippen molar-refractivity contribution >= 4 is 33.5 Å². The van der Waals surface area contributed by atoms with Crippen LogP contribution in [-0.4, -0.2) is 50.3 Å². The summed E-state index contributed by atoms with van der Waals surface area (Å²) in [5, 5.41) is 2.86. The van der Waals surface area contributed by atoms with E-state index in [-0.39, 0.29) is 27.4 Å². The number of nitrogens with zero attached hydrogens (tertiary/aromatic N) is 1. The zero-order valence-electron chi connectivity index (χ0n) is 15.1. The number of carbonyl (C=O) groups is 2. The van der Waals surface area contributed by atoms with Gasteiger partial charge in [-0.15, -0.1) is 0 Å². The summed E-state index contributed by atoms with van der Waals surface area (Å²) in [5.74, 6) is -0.723. The minimum Gasteiger partial charge on any atom is -0.452 e. The van der Waals surface area contributed by atoms with E-state index in [0.29, 0.717) is 19.0 Å². The first-order valence-electron chi connectivity index (χ1n) is 9.05. The highest BCUT2D eigenvalue weighted by Gasteiger charge is 2.30. The molecule has 1 aromatic rings. The van der Waals surface area contributed by atoms with Crippen LogP contribution in [0.1, 0.15) is 43.0 Å². The Morgan fingerprint density at radius 2 is 1.96 bits per heavy atom. The van der Waals surface area contributed by atoms with Crippen molar-refractivity contribution in [2.45, 2.75) is 43.5 Å². The number of ether oxygens (including phenoxy) is 1. The fourth-order valence-electron chi connectivity index (χ4n) is 3.12. The molecule has 1 aliphatic heterocycles. The Morgan fingerprint density at radius 1 is 1.30 bits per heavy atom. The predicted octanol–water partition coefficient (Wildman–Crippen LogP) is 2.20. The molecule has 2 aliphatic rings. The lowest BCUT2D eigenvalue weighted by molar-refractivity contribution is -0.124. The first-order valence-corrected chi connectivity index (χ1v) is 10.9. The number of sulfonamides is 1. The number of nitrogens with one attached hydrogen (secondary N) is 1. The summed E-state index contributed by atoms with van der Waals surface area (Å²) in [6.45, 7) is 2.41. The van der Waals surface area contributed by atoms with E-state index in [0.717, 1.165) is 25.7 Å². The number of halogens is 1. The number of amides is 1. The van der Waals surface area contributed by atoms with E-state index in [2.05, 4.69) is 5.32 Å². The third-order valence-corrected chi connectivity index (χ3v) is 7.14. The van der Waals surface area contributed by atoms with Gasteiger partial charge in [-0.1, -0.05) is 11.6 Å². The molecule has 0 spiro atoms. The first kappa shape index (κ1) is 20.1. The Bertz CT molecular complexity index is 832. The van der Waals surface area contributed by atoms with Crippen LogP contribution in [0.4, 0.5) is 0 Å². The van der Waals surface area contributed by atoms with Gasteiger partial charge in [-0.05, 0) is 56.7 Å². The quantitative estimate of drug-likeness (QED) is 0.690. The second-order valence-corrected chi connectivity index (χ2v) is 9.37. The molecule has 1 atom stereocenters. The maximum Gasteiger partial charge on any atom is 0.340 e. The van der Waals surface area contributed by atoms with E-state index in [9.17, 15) is 18.0 Å². The second-order valence-electron chi connectivity index (χ2n) is 7.02. The number of esters is 1. The number of benzene rings is 1. The number of carbonyl (C=O) groups excluding carboxylic acids is 2. The molecule has 2 fully saturated rings. The summed E-state index contributed by atoms with van der Waals surface area (Å²) in [6, 6.07) is 3.99. The summed E-state index contributed by atoms with van der Waals surface area (Å²) in [5.41, 5.74) is -0.0695. The number of hydrogen-bond donors (Lipinski definition) is 1. The molecule has 1 aromatic carbocycles. The Balaban J connectivity index is 1.66. The van der Waals surface area contributed by atoms with Crippen molar-refractivity contribution in [3.8, 4) is 0 Å². The van der Waals surface area contributed by atoms with E-state index < -0.39 is 22.6 Å². The van der Waals surface area contributed by atoms with Gasteiger partial charge in [-0.3, -0.25) is 4.79 Å². The largest absolute Gasteiger partial charge is 0.452 e. The summed E-state index contributed by atoms with van der Waals surface area (Å²) >= 11 is 6.04. The van der Waals surface area contributed by atoms with Gasteiger partial charge in [0, 0.05) is 19.1 Å². The maximum absolute atomic E-state index is 12.6. The standard InChI is InChI=1S/C18H23ClN2O5S/c1-12(13-4-5-13)20-17(22)11-26-18(23)15-10-14(6-7-16(15)19)27(24,25)21-8-2-3-9-21/h6-7,10,12-13H,2-5,8-9,11H2,1H3,(H,20,22)/t12-/m0/s1. The van der Waals surface area contributed by atoms with E-state index in [1.807, 2.05) is 6.92 Å². The summed E-state index contributed by atoms with van der Waals surface area (Å²) in [7, 11) is -3.67. The molecule has 0 unspecified atom stereocenters. The third kappa shape index (κ3) is 4.80. The lowest BCUT2D eigenvalue weighted by atomic mass is 10.2. The fourth-order valence-corrected chi connectivity index (χ4v) is 4.86. The van der Waals surface area contributed by atoms with E-state index >= 15 is 0 Å². The number of rotatable bonds is 7. The van der Waals surface area contributed by atoms with Crippen LogP contribution in [0, 0.1) is 5.92 Å². The molecule has 3 rings (SSSR count). The third-order valence-electron chi connectivity index (χ3n) is 4.91. The molecule has 0 radical (unpaired) electrons. The van der Waals surface area contributed by atoms with Gasteiger partial charge in [0.25, 0.3) is 5.91 Å². The fraction of sp³-hybridized carbons (Fsp3) is 0.556. The average Bonchev–Trinajstić information content (AvgIpc) is 3.33. The van der Waals surface area contributed by atoms with E-state index in [4.69, 9.17) is 16.3 Å². The van der Waals surface area contributed by atoms with Crippen molar-refractivity contribution < 1.29 is 22.7 Å². The molecule has 0 bridgehead atoms. The smallest absolute Gasteiger partial charge is 0.340 e. The molecule has 1 aliphatic carbocycles. The molecule has 1 N–H and O–H groups in total. The Morgan fingerprint density at radius 3 is 2.59 bits per heavy atom. The van der Waals surface area contributed by atoms with Crippen molar-refractivity contribution in [3.63, 3.8) is 0 Å². The Kier molecular flexibility index (Phi) is 6.08. The predicted molar refractivity (Wildman–Crippen MR) is 100 cm³/mol. The average molecular weight is 415 g/mol. The first-order chi connectivity index (χ1) is 12.8. The summed E-state index contributed by atoms with van der Waals surface area (Å²) in [4.78, 5) is 24.2. The van der Waals surface area contributed by atoms with Gasteiger partial charge in [0.1, 0.15) is 0 Å². The molecule has 9 heteroatoms. The zero-order valence-corrected chi connectivity index (χ0v) is 16.7. The van der Waals surface area contributed by atoms with Crippen molar-refractivity contribution in [2.75, 3.05) is 19.7 Å². The van der Waals surface area contributed by atoms with E-state index in [1.165, 1.54) is 22.5 Å². The number of hydrogen-bond acceptors (Lipinski definition) is 5. The Labute approximate surface area is 164 Å². The van der Waals surface area contributed by atoms with Gasteiger partial charge in [0.15, 0.2) is 6.61 Å². The molecule has 0 aromatic heterocycles. The highest BCUT2D eigenvalue weighted by molar-refractivity contribution is 7.89. The molecular formula is C18H23ClN2O5S. The SMILES string of the molecule is C[C@H](NC(=O)COC(=O)c1cc(S(=O)(=O)N2CCCC2)ccc1Cl)C1CC1. The van der Waals surface area contributed by atoms with E-state index in [1.54, 1.807) is 0 Å². The molecule has 27 heavy (non-hydrogen) atoms. The van der Waals surface area contributed by atoms with Crippen LogP contribution >= 0.6 is 11.6 Å². The van der Waals surface area contributed by atoms with Gasteiger partial charge >= 0.3 is 5.97 Å². The topological polar surface area (TPSA) is 92.8 Å². The monoisotopic (exact) mass is 414 g/mol. The molecule has 1 amide bonds. The minimum atomic E-state index is -3.67. The normalized spacial score (nSPS) is 18.9. The molecule has 148 valence electrons. The maximum atomic E-state index is 12.6. The van der Waals surface area contributed by atoms with Crippen LogP contribution in [-0.2, 0) is 19.6 Å². The van der Waals surface area contributed by atoms with Crippen molar-refractivity contribution in [3.05, 3.63) is 28.8 Å². The zero-order chi connectivity index (χ0) is 19.6. The highest BCUT2D eigenvalue weighted by Crippen LogP contribution is 2.32. The van der Waals surface area contributed by atoms with Crippen molar-refractivity contribution in [2.24, 2.45) is 5.92 Å². The lowest BCUT2D eigenvalue weighted by Crippen LogP contribution is -2.37. The molecule has 1 saturated carbocycles. The molecule has 1 heterocycles. The van der Waals surface area contributed by atoms with Gasteiger partial charge in [-0.25, -0.2) is 13.2 Å². The van der Waals surface area contributed by atoms with Crippen LogP contribution in [0.2, 0.25) is 5.02 Å². The molecular weight excluding hydrogens is 392 g/mol.